The SMILES string of the molecule is CC1(C)O[C@H]2CC(=O)OC[C@]23[C@@H]1CC(=O)[C@]1(C)[C@@H]3CC[C@@]2(C)[C@@H](c3ccoc3)OC(=O)[C@H]3O[C@]321. The Bertz CT molecular complexity index is 1120. The normalized spacial score (nSPS) is 52.4. The third-order valence-electron chi connectivity index (χ3n) is 10.7. The van der Waals surface area contributed by atoms with E-state index in [0.29, 0.717) is 12.8 Å². The molecule has 9 atom stereocenters. The second kappa shape index (κ2) is 5.95. The monoisotopic (exact) mass is 470 g/mol. The highest BCUT2D eigenvalue weighted by molar-refractivity contribution is 5.93. The van der Waals surface area contributed by atoms with Gasteiger partial charge in [-0.2, -0.15) is 0 Å². The maximum Gasteiger partial charge on any atom is 0.339 e. The van der Waals surface area contributed by atoms with Gasteiger partial charge in [-0.1, -0.05) is 6.92 Å². The molecular weight excluding hydrogens is 440 g/mol. The Balaban J connectivity index is 1.41. The highest BCUT2D eigenvalue weighted by Gasteiger charge is 2.89. The zero-order chi connectivity index (χ0) is 23.9. The molecule has 0 radical (unpaired) electrons. The number of ketones is 1. The summed E-state index contributed by atoms with van der Waals surface area (Å²) in [5.41, 5.74) is -2.78. The van der Waals surface area contributed by atoms with Gasteiger partial charge in [0.05, 0.1) is 36.1 Å². The largest absolute Gasteiger partial charge is 0.472 e. The Morgan fingerprint density at radius 1 is 0.971 bits per heavy atom. The fourth-order valence-electron chi connectivity index (χ4n) is 9.34. The highest BCUT2D eigenvalue weighted by Crippen LogP contribution is 2.79. The molecule has 5 heterocycles. The van der Waals surface area contributed by atoms with Crippen molar-refractivity contribution in [1.82, 2.24) is 0 Å². The van der Waals surface area contributed by atoms with E-state index in [9.17, 15) is 14.4 Å². The van der Waals surface area contributed by atoms with Crippen molar-refractivity contribution >= 4 is 17.7 Å². The van der Waals surface area contributed by atoms with Crippen LogP contribution in [0, 0.1) is 28.1 Å². The number of hydrogen-bond acceptors (Lipinski definition) is 8. The van der Waals surface area contributed by atoms with E-state index in [1.165, 1.54) is 0 Å². The summed E-state index contributed by atoms with van der Waals surface area (Å²) in [7, 11) is 0. The molecule has 34 heavy (non-hydrogen) atoms. The van der Waals surface area contributed by atoms with Gasteiger partial charge in [-0.25, -0.2) is 4.79 Å². The first-order valence-electron chi connectivity index (χ1n) is 12.3. The summed E-state index contributed by atoms with van der Waals surface area (Å²) in [5, 5.41) is 0. The molecule has 6 aliphatic rings. The minimum Gasteiger partial charge on any atom is -0.472 e. The fraction of sp³-hybridized carbons (Fsp3) is 0.731. The molecule has 2 saturated carbocycles. The van der Waals surface area contributed by atoms with E-state index in [2.05, 4.69) is 6.92 Å². The molecule has 8 nitrogen and oxygen atoms in total. The van der Waals surface area contributed by atoms with Crippen molar-refractivity contribution in [3.05, 3.63) is 24.2 Å². The first kappa shape index (κ1) is 21.1. The zero-order valence-corrected chi connectivity index (χ0v) is 19.9. The maximum absolute atomic E-state index is 14.2. The van der Waals surface area contributed by atoms with Crippen molar-refractivity contribution in [2.75, 3.05) is 6.61 Å². The molecule has 0 N–H and O–H groups in total. The predicted molar refractivity (Wildman–Crippen MR) is 114 cm³/mol. The Labute approximate surface area is 197 Å². The molecule has 0 unspecified atom stereocenters. The Kier molecular flexibility index (Phi) is 3.70. The van der Waals surface area contributed by atoms with E-state index >= 15 is 0 Å². The van der Waals surface area contributed by atoms with Crippen LogP contribution in [0.1, 0.15) is 65.0 Å². The number of furan rings is 1. The van der Waals surface area contributed by atoms with Gasteiger partial charge in [0.25, 0.3) is 0 Å². The van der Waals surface area contributed by atoms with Crippen LogP contribution in [0.2, 0.25) is 0 Å². The number of carbonyl (C=O) groups is 3. The van der Waals surface area contributed by atoms with E-state index in [1.54, 1.807) is 12.5 Å². The Hall–Kier alpha value is -2.19. The van der Waals surface area contributed by atoms with E-state index in [4.69, 9.17) is 23.4 Å². The molecule has 1 aromatic heterocycles. The average molecular weight is 471 g/mol. The van der Waals surface area contributed by atoms with Gasteiger partial charge >= 0.3 is 11.9 Å². The van der Waals surface area contributed by atoms with Crippen LogP contribution >= 0.6 is 0 Å². The molecule has 6 fully saturated rings. The molecule has 182 valence electrons. The van der Waals surface area contributed by atoms with Crippen molar-refractivity contribution in [1.29, 1.82) is 0 Å². The standard InChI is InChI=1S/C26H30O8/c1-22(2)15-9-16(27)24(4)14(25(15)12-31-18(28)10-17(25)33-22)5-7-23(3)19(13-6-8-30-11-13)32-21(29)20-26(23,24)34-20/h6,8,11,14-15,17,19-20H,5,7,9-10,12H2,1-4H3/t14-,15+,17-,19+,20+,23-,24-,25-,26+/m0/s1. The summed E-state index contributed by atoms with van der Waals surface area (Å²) in [6, 6.07) is 1.81. The highest BCUT2D eigenvalue weighted by atomic mass is 16.7. The van der Waals surface area contributed by atoms with Gasteiger partial charge in [-0.15, -0.1) is 0 Å². The molecule has 8 heteroatoms. The van der Waals surface area contributed by atoms with Crippen LogP contribution in [-0.4, -0.2) is 47.7 Å². The number of esters is 2. The van der Waals surface area contributed by atoms with E-state index < -0.39 is 45.6 Å². The molecule has 4 saturated heterocycles. The maximum atomic E-state index is 14.2. The second-order valence-corrected chi connectivity index (χ2v) is 12.2. The molecule has 0 amide bonds. The van der Waals surface area contributed by atoms with Gasteiger partial charge in [-0.05, 0) is 45.6 Å². The number of carbonyl (C=O) groups excluding carboxylic acids is 3. The van der Waals surface area contributed by atoms with Crippen LogP contribution in [-0.2, 0) is 33.3 Å². The lowest BCUT2D eigenvalue weighted by atomic mass is 9.37. The summed E-state index contributed by atoms with van der Waals surface area (Å²) in [4.78, 5) is 39.7. The van der Waals surface area contributed by atoms with Crippen molar-refractivity contribution in [2.45, 2.75) is 82.9 Å². The molecular formula is C26H30O8. The Morgan fingerprint density at radius 2 is 1.76 bits per heavy atom. The third kappa shape index (κ3) is 2.02. The summed E-state index contributed by atoms with van der Waals surface area (Å²) >= 11 is 0. The molecule has 4 aliphatic heterocycles. The van der Waals surface area contributed by atoms with Crippen molar-refractivity contribution in [3.8, 4) is 0 Å². The fourth-order valence-corrected chi connectivity index (χ4v) is 9.34. The van der Waals surface area contributed by atoms with Gasteiger partial charge in [0, 0.05) is 28.7 Å². The summed E-state index contributed by atoms with van der Waals surface area (Å²) in [6.45, 7) is 8.36. The summed E-state index contributed by atoms with van der Waals surface area (Å²) in [6.07, 6.45) is 3.46. The van der Waals surface area contributed by atoms with E-state index in [0.717, 1.165) is 12.0 Å². The molecule has 2 spiro atoms. The summed E-state index contributed by atoms with van der Waals surface area (Å²) in [5.74, 6) is -0.780. The summed E-state index contributed by atoms with van der Waals surface area (Å²) < 4.78 is 29.8. The minimum absolute atomic E-state index is 0.0677. The smallest absolute Gasteiger partial charge is 0.339 e. The Morgan fingerprint density at radius 3 is 2.50 bits per heavy atom. The molecule has 0 bridgehead atoms. The molecule has 2 aliphatic carbocycles. The number of cyclic esters (lactones) is 2. The van der Waals surface area contributed by atoms with Crippen LogP contribution in [0.25, 0.3) is 0 Å². The lowest BCUT2D eigenvalue weighted by Gasteiger charge is -2.65. The third-order valence-corrected chi connectivity index (χ3v) is 10.7. The lowest BCUT2D eigenvalue weighted by Crippen LogP contribution is -2.72. The number of Topliss-reactive ketones (excluding diaryl/α,β-unsaturated/α-hetero) is 1. The predicted octanol–water partition coefficient (Wildman–Crippen LogP) is 3.14. The van der Waals surface area contributed by atoms with Gasteiger partial charge in [0.15, 0.2) is 6.10 Å². The van der Waals surface area contributed by atoms with Crippen LogP contribution in [0.3, 0.4) is 0 Å². The van der Waals surface area contributed by atoms with E-state index in [1.807, 2.05) is 26.8 Å². The van der Waals surface area contributed by atoms with Crippen LogP contribution in [0.15, 0.2) is 23.0 Å². The quantitative estimate of drug-likeness (QED) is 0.455. The molecule has 7 rings (SSSR count). The minimum atomic E-state index is -0.976. The second-order valence-electron chi connectivity index (χ2n) is 12.2. The number of fused-ring (bicyclic) bond motifs is 1. The van der Waals surface area contributed by atoms with E-state index in [-0.39, 0.29) is 42.7 Å². The van der Waals surface area contributed by atoms with Gasteiger partial charge < -0.3 is 23.4 Å². The molecule has 1 aromatic rings. The van der Waals surface area contributed by atoms with Crippen molar-refractivity contribution in [2.24, 2.45) is 28.1 Å². The number of hydrogen-bond donors (Lipinski definition) is 0. The first-order chi connectivity index (χ1) is 16.0. The van der Waals surface area contributed by atoms with Gasteiger partial charge in [-0.3, -0.25) is 9.59 Å². The molecule has 0 aromatic carbocycles. The lowest BCUT2D eigenvalue weighted by molar-refractivity contribution is -0.225. The number of epoxide rings is 1. The average Bonchev–Trinajstić information content (AvgIpc) is 3.26. The van der Waals surface area contributed by atoms with Gasteiger partial charge in [0.2, 0.25) is 0 Å². The van der Waals surface area contributed by atoms with Crippen LogP contribution in [0.4, 0.5) is 0 Å². The van der Waals surface area contributed by atoms with Crippen molar-refractivity contribution in [3.63, 3.8) is 0 Å². The van der Waals surface area contributed by atoms with Crippen LogP contribution < -0.4 is 0 Å². The first-order valence-corrected chi connectivity index (χ1v) is 12.3. The van der Waals surface area contributed by atoms with Gasteiger partial charge in [0.1, 0.15) is 24.1 Å². The number of rotatable bonds is 1. The van der Waals surface area contributed by atoms with Crippen LogP contribution in [0.5, 0.6) is 0 Å². The van der Waals surface area contributed by atoms with Crippen molar-refractivity contribution < 1.29 is 37.7 Å². The zero-order valence-electron chi connectivity index (χ0n) is 19.9. The number of ether oxygens (including phenoxy) is 4. The topological polar surface area (TPSA) is 105 Å².